The van der Waals surface area contributed by atoms with Crippen molar-refractivity contribution < 1.29 is 19.0 Å². The third-order valence-electron chi connectivity index (χ3n) is 3.35. The highest BCUT2D eigenvalue weighted by Gasteiger charge is 2.35. The molecule has 1 aromatic carbocycles. The molecule has 0 unspecified atom stereocenters. The number of aromatic nitrogens is 1. The number of benzene rings is 1. The molecule has 0 N–H and O–H groups in total. The van der Waals surface area contributed by atoms with E-state index >= 15 is 0 Å². The molecule has 0 atom stereocenters. The SMILES string of the molecule is C[n+]1ccc(C=NOCN2C(=O)c3ccccc3C2=O)cc1. The second-order valence-electron chi connectivity index (χ2n) is 4.87. The van der Waals surface area contributed by atoms with Gasteiger partial charge in [-0.1, -0.05) is 17.3 Å². The third-order valence-corrected chi connectivity index (χ3v) is 3.35. The molecule has 1 aromatic heterocycles. The lowest BCUT2D eigenvalue weighted by Gasteiger charge is -2.11. The molecule has 22 heavy (non-hydrogen) atoms. The molecule has 1 aliphatic heterocycles. The number of imide groups is 1. The van der Waals surface area contributed by atoms with Gasteiger partial charge in [-0.3, -0.25) is 9.59 Å². The number of carbonyl (C=O) groups excluding carboxylic acids is 2. The Morgan fingerprint density at radius 1 is 1.09 bits per heavy atom. The van der Waals surface area contributed by atoms with Crippen molar-refractivity contribution in [1.29, 1.82) is 0 Å². The average Bonchev–Trinajstić information content (AvgIpc) is 2.78. The minimum absolute atomic E-state index is 0.205. The molecule has 6 nitrogen and oxygen atoms in total. The van der Waals surface area contributed by atoms with Crippen LogP contribution in [0.4, 0.5) is 0 Å². The number of nitrogens with zero attached hydrogens (tertiary/aromatic N) is 3. The summed E-state index contributed by atoms with van der Waals surface area (Å²) in [6, 6.07) is 10.4. The van der Waals surface area contributed by atoms with Gasteiger partial charge in [0.05, 0.1) is 17.3 Å². The normalized spacial score (nSPS) is 13.8. The highest BCUT2D eigenvalue weighted by atomic mass is 16.6. The van der Waals surface area contributed by atoms with Crippen molar-refractivity contribution in [3.05, 3.63) is 65.5 Å². The van der Waals surface area contributed by atoms with Crippen LogP contribution in [0.5, 0.6) is 0 Å². The first kappa shape index (κ1) is 13.9. The summed E-state index contributed by atoms with van der Waals surface area (Å²) < 4.78 is 1.90. The Bertz CT molecular complexity index is 718. The van der Waals surface area contributed by atoms with Gasteiger partial charge in [0, 0.05) is 17.7 Å². The van der Waals surface area contributed by atoms with E-state index in [1.807, 2.05) is 36.1 Å². The standard InChI is InChI=1S/C16H14N3O3/c1-18-8-6-12(7-9-18)10-17-22-11-19-15(20)13-4-2-3-5-14(13)16(19)21/h2-10H,11H2,1H3/q+1. The van der Waals surface area contributed by atoms with E-state index in [2.05, 4.69) is 5.16 Å². The summed E-state index contributed by atoms with van der Waals surface area (Å²) in [4.78, 5) is 30.3. The largest absolute Gasteiger partial charge is 0.373 e. The molecule has 0 radical (unpaired) electrons. The number of hydrogen-bond donors (Lipinski definition) is 0. The molecule has 2 aromatic rings. The van der Waals surface area contributed by atoms with Crippen molar-refractivity contribution in [3.63, 3.8) is 0 Å². The number of aryl methyl sites for hydroxylation is 1. The number of hydrogen-bond acceptors (Lipinski definition) is 4. The molecular formula is C16H14N3O3+. The van der Waals surface area contributed by atoms with Gasteiger partial charge in [-0.25, -0.2) is 9.47 Å². The third kappa shape index (κ3) is 2.58. The first-order valence-electron chi connectivity index (χ1n) is 6.72. The maximum absolute atomic E-state index is 12.1. The van der Waals surface area contributed by atoms with Crippen LogP contribution in [-0.2, 0) is 11.9 Å². The Labute approximate surface area is 127 Å². The van der Waals surface area contributed by atoms with E-state index in [9.17, 15) is 9.59 Å². The average molecular weight is 296 g/mol. The zero-order chi connectivity index (χ0) is 15.5. The van der Waals surface area contributed by atoms with E-state index in [0.29, 0.717) is 11.1 Å². The quantitative estimate of drug-likeness (QED) is 0.367. The van der Waals surface area contributed by atoms with Crippen molar-refractivity contribution in [3.8, 4) is 0 Å². The minimum Gasteiger partial charge on any atom is -0.373 e. The van der Waals surface area contributed by atoms with E-state index in [1.54, 1.807) is 24.3 Å². The van der Waals surface area contributed by atoms with Crippen LogP contribution in [0.15, 0.2) is 53.9 Å². The van der Waals surface area contributed by atoms with Crippen molar-refractivity contribution in [2.75, 3.05) is 6.73 Å². The molecule has 1 aliphatic rings. The van der Waals surface area contributed by atoms with E-state index in [-0.39, 0.29) is 18.5 Å². The van der Waals surface area contributed by atoms with E-state index in [4.69, 9.17) is 4.84 Å². The van der Waals surface area contributed by atoms with Crippen LogP contribution >= 0.6 is 0 Å². The van der Waals surface area contributed by atoms with Gasteiger partial charge < -0.3 is 4.84 Å². The monoisotopic (exact) mass is 296 g/mol. The predicted molar refractivity (Wildman–Crippen MR) is 78.1 cm³/mol. The molecule has 6 heteroatoms. The van der Waals surface area contributed by atoms with Gasteiger partial charge in [0.25, 0.3) is 11.8 Å². The maximum atomic E-state index is 12.1. The number of amides is 2. The summed E-state index contributed by atoms with van der Waals surface area (Å²) in [5.74, 6) is -0.718. The van der Waals surface area contributed by atoms with Crippen molar-refractivity contribution in [1.82, 2.24) is 4.90 Å². The van der Waals surface area contributed by atoms with Gasteiger partial charge in [-0.05, 0) is 12.1 Å². The minimum atomic E-state index is -0.359. The molecular weight excluding hydrogens is 282 g/mol. The molecule has 3 rings (SSSR count). The molecule has 110 valence electrons. The smallest absolute Gasteiger partial charge is 0.264 e. The topological polar surface area (TPSA) is 62.9 Å². The number of fused-ring (bicyclic) bond motifs is 1. The van der Waals surface area contributed by atoms with Gasteiger partial charge in [-0.2, -0.15) is 0 Å². The number of carbonyl (C=O) groups is 2. The summed E-state index contributed by atoms with van der Waals surface area (Å²) in [6.45, 7) is -0.205. The van der Waals surface area contributed by atoms with Crippen LogP contribution in [0.3, 0.4) is 0 Å². The molecule has 0 aliphatic carbocycles. The maximum Gasteiger partial charge on any atom is 0.264 e. The lowest BCUT2D eigenvalue weighted by molar-refractivity contribution is -0.671. The van der Waals surface area contributed by atoms with Gasteiger partial charge >= 0.3 is 0 Å². The van der Waals surface area contributed by atoms with E-state index in [1.165, 1.54) is 6.21 Å². The summed E-state index contributed by atoms with van der Waals surface area (Å²) in [7, 11) is 1.92. The van der Waals surface area contributed by atoms with Crippen LogP contribution in [-0.4, -0.2) is 29.7 Å². The molecule has 0 saturated carbocycles. The van der Waals surface area contributed by atoms with Crippen LogP contribution in [0.1, 0.15) is 26.3 Å². The molecule has 0 spiro atoms. The highest BCUT2D eigenvalue weighted by Crippen LogP contribution is 2.21. The predicted octanol–water partition coefficient (Wildman–Crippen LogP) is 1.12. The number of rotatable bonds is 4. The summed E-state index contributed by atoms with van der Waals surface area (Å²) in [5, 5.41) is 3.79. The van der Waals surface area contributed by atoms with E-state index in [0.717, 1.165) is 10.5 Å². The number of pyridine rings is 1. The fourth-order valence-electron chi connectivity index (χ4n) is 2.14. The van der Waals surface area contributed by atoms with Crippen LogP contribution in [0.25, 0.3) is 0 Å². The summed E-state index contributed by atoms with van der Waals surface area (Å²) in [5.41, 5.74) is 1.66. The Morgan fingerprint density at radius 3 is 2.27 bits per heavy atom. The second kappa shape index (κ2) is 5.77. The molecule has 0 fully saturated rings. The van der Waals surface area contributed by atoms with Crippen LogP contribution < -0.4 is 4.57 Å². The Hall–Kier alpha value is -3.02. The van der Waals surface area contributed by atoms with Gasteiger partial charge in [-0.15, -0.1) is 0 Å². The lowest BCUT2D eigenvalue weighted by atomic mass is 10.1. The van der Waals surface area contributed by atoms with Gasteiger partial charge in [0.2, 0.25) is 0 Å². The van der Waals surface area contributed by atoms with Crippen molar-refractivity contribution in [2.24, 2.45) is 12.2 Å². The molecule has 0 bridgehead atoms. The van der Waals surface area contributed by atoms with Crippen LogP contribution in [0.2, 0.25) is 0 Å². The van der Waals surface area contributed by atoms with Crippen molar-refractivity contribution in [2.45, 2.75) is 0 Å². The summed E-state index contributed by atoms with van der Waals surface area (Å²) >= 11 is 0. The molecule has 2 amide bonds. The number of oxime groups is 1. The van der Waals surface area contributed by atoms with Crippen LogP contribution in [0, 0.1) is 0 Å². The fraction of sp³-hybridized carbons (Fsp3) is 0.125. The Kier molecular flexibility index (Phi) is 3.65. The van der Waals surface area contributed by atoms with Gasteiger partial charge in [0.15, 0.2) is 19.1 Å². The Balaban J connectivity index is 1.62. The zero-order valence-electron chi connectivity index (χ0n) is 12.0. The highest BCUT2D eigenvalue weighted by molar-refractivity contribution is 6.21. The fourth-order valence-corrected chi connectivity index (χ4v) is 2.14. The first-order valence-corrected chi connectivity index (χ1v) is 6.72. The second-order valence-corrected chi connectivity index (χ2v) is 4.87. The Morgan fingerprint density at radius 2 is 1.68 bits per heavy atom. The van der Waals surface area contributed by atoms with Crippen molar-refractivity contribution >= 4 is 18.0 Å². The zero-order valence-corrected chi connectivity index (χ0v) is 12.0. The molecule has 0 saturated heterocycles. The van der Waals surface area contributed by atoms with Gasteiger partial charge in [0.1, 0.15) is 7.05 Å². The molecule has 2 heterocycles. The first-order chi connectivity index (χ1) is 10.7. The van der Waals surface area contributed by atoms with E-state index < -0.39 is 0 Å². The summed E-state index contributed by atoms with van der Waals surface area (Å²) in [6.07, 6.45) is 5.29. The lowest BCUT2D eigenvalue weighted by Crippen LogP contribution is -2.31.